The second-order valence-corrected chi connectivity index (χ2v) is 9.19. The number of amides is 1. The Bertz CT molecular complexity index is 995. The van der Waals surface area contributed by atoms with Crippen LogP contribution in [-0.4, -0.2) is 60.5 Å². The summed E-state index contributed by atoms with van der Waals surface area (Å²) in [6, 6.07) is 15.6. The molecular formula is C26H32FN5O. The average molecular weight is 450 g/mol. The number of rotatable bonds is 6. The van der Waals surface area contributed by atoms with Gasteiger partial charge in [-0.3, -0.25) is 9.69 Å². The summed E-state index contributed by atoms with van der Waals surface area (Å²) in [5.41, 5.74) is 3.05. The number of nitriles is 1. The Labute approximate surface area is 195 Å². The van der Waals surface area contributed by atoms with E-state index in [9.17, 15) is 9.18 Å². The van der Waals surface area contributed by atoms with Crippen LogP contribution >= 0.6 is 0 Å². The first kappa shape index (κ1) is 23.2. The molecule has 0 radical (unpaired) electrons. The molecule has 0 spiro atoms. The molecule has 0 saturated carbocycles. The van der Waals surface area contributed by atoms with Gasteiger partial charge in [0, 0.05) is 57.0 Å². The van der Waals surface area contributed by atoms with Crippen molar-refractivity contribution < 1.29 is 9.18 Å². The molecule has 2 aliphatic rings. The Morgan fingerprint density at radius 1 is 1.15 bits per heavy atom. The highest BCUT2D eigenvalue weighted by Gasteiger charge is 2.23. The lowest BCUT2D eigenvalue weighted by Gasteiger charge is -2.33. The van der Waals surface area contributed by atoms with Gasteiger partial charge in [-0.1, -0.05) is 24.3 Å². The third kappa shape index (κ3) is 6.31. The first-order valence-corrected chi connectivity index (χ1v) is 11.8. The minimum absolute atomic E-state index is 0.0485. The van der Waals surface area contributed by atoms with Crippen LogP contribution < -0.4 is 10.6 Å². The normalized spacial score (nSPS) is 19.8. The SMILES string of the molecule is C[C@H]1CN(Cc2ccc(CC(=O)N3CCC(Nc4ccc(C#N)c(F)c4)CC3)cc2)CCN1. The molecule has 1 atom stereocenters. The van der Waals surface area contributed by atoms with Crippen LogP contribution in [0.2, 0.25) is 0 Å². The number of piperidine rings is 1. The van der Waals surface area contributed by atoms with Crippen molar-refractivity contribution in [3.8, 4) is 6.07 Å². The number of piperazine rings is 1. The van der Waals surface area contributed by atoms with Crippen molar-refractivity contribution in [2.45, 2.75) is 44.8 Å². The van der Waals surface area contributed by atoms with E-state index < -0.39 is 5.82 Å². The molecular weight excluding hydrogens is 417 g/mol. The van der Waals surface area contributed by atoms with Gasteiger partial charge in [0.15, 0.2) is 0 Å². The van der Waals surface area contributed by atoms with Gasteiger partial charge in [-0.05, 0) is 49.1 Å². The number of benzene rings is 2. The highest BCUT2D eigenvalue weighted by atomic mass is 19.1. The Morgan fingerprint density at radius 2 is 1.88 bits per heavy atom. The van der Waals surface area contributed by atoms with Gasteiger partial charge >= 0.3 is 0 Å². The number of likely N-dealkylation sites (tertiary alicyclic amines) is 1. The monoisotopic (exact) mass is 449 g/mol. The van der Waals surface area contributed by atoms with Gasteiger partial charge in [0.05, 0.1) is 12.0 Å². The van der Waals surface area contributed by atoms with Crippen molar-refractivity contribution >= 4 is 11.6 Å². The van der Waals surface area contributed by atoms with Crippen LogP contribution in [0.5, 0.6) is 0 Å². The predicted molar refractivity (Wildman–Crippen MR) is 127 cm³/mol. The van der Waals surface area contributed by atoms with Crippen molar-refractivity contribution in [3.05, 3.63) is 65.0 Å². The molecule has 2 N–H and O–H groups in total. The summed E-state index contributed by atoms with van der Waals surface area (Å²) in [5, 5.41) is 15.7. The second-order valence-electron chi connectivity index (χ2n) is 9.19. The van der Waals surface area contributed by atoms with Gasteiger partial charge in [0.2, 0.25) is 5.91 Å². The van der Waals surface area contributed by atoms with E-state index >= 15 is 0 Å². The molecule has 7 heteroatoms. The lowest BCUT2D eigenvalue weighted by Crippen LogP contribution is -2.48. The number of hydrogen-bond acceptors (Lipinski definition) is 5. The lowest BCUT2D eigenvalue weighted by molar-refractivity contribution is -0.131. The molecule has 0 unspecified atom stereocenters. The summed E-state index contributed by atoms with van der Waals surface area (Å²) in [5.74, 6) is -0.356. The van der Waals surface area contributed by atoms with Gasteiger partial charge in [-0.15, -0.1) is 0 Å². The van der Waals surface area contributed by atoms with Crippen molar-refractivity contribution in [2.24, 2.45) is 0 Å². The maximum Gasteiger partial charge on any atom is 0.226 e. The standard InChI is InChI=1S/C26H32FN5O/c1-19-17-31(13-10-29-19)18-21-4-2-20(3-5-21)14-26(33)32-11-8-23(9-12-32)30-24-7-6-22(16-28)25(27)15-24/h2-7,15,19,23,29-30H,8-14,17-18H2,1H3/t19-/m0/s1. The molecule has 6 nitrogen and oxygen atoms in total. The van der Waals surface area contributed by atoms with E-state index in [1.54, 1.807) is 6.07 Å². The van der Waals surface area contributed by atoms with E-state index in [4.69, 9.17) is 5.26 Å². The summed E-state index contributed by atoms with van der Waals surface area (Å²) in [6.07, 6.45) is 2.05. The first-order valence-electron chi connectivity index (χ1n) is 11.8. The molecule has 2 aromatic carbocycles. The second kappa shape index (κ2) is 10.8. The van der Waals surface area contributed by atoms with Crippen molar-refractivity contribution in [1.29, 1.82) is 5.26 Å². The molecule has 2 aromatic rings. The average Bonchev–Trinajstić information content (AvgIpc) is 2.81. The summed E-state index contributed by atoms with van der Waals surface area (Å²) in [7, 11) is 0. The Balaban J connectivity index is 1.23. The van der Waals surface area contributed by atoms with E-state index in [-0.39, 0.29) is 17.5 Å². The van der Waals surface area contributed by atoms with Crippen molar-refractivity contribution in [3.63, 3.8) is 0 Å². The Hall–Kier alpha value is -2.95. The van der Waals surface area contributed by atoms with Crippen LogP contribution in [0.1, 0.15) is 36.5 Å². The van der Waals surface area contributed by atoms with Gasteiger partial charge in [-0.2, -0.15) is 5.26 Å². The third-order valence-electron chi connectivity index (χ3n) is 6.55. The molecule has 4 rings (SSSR count). The predicted octanol–water partition coefficient (Wildman–Crippen LogP) is 3.14. The number of carbonyl (C=O) groups excluding carboxylic acids is 1. The maximum absolute atomic E-state index is 13.8. The number of carbonyl (C=O) groups is 1. The van der Waals surface area contributed by atoms with Gasteiger partial charge < -0.3 is 15.5 Å². The van der Waals surface area contributed by atoms with Crippen molar-refractivity contribution in [1.82, 2.24) is 15.1 Å². The smallest absolute Gasteiger partial charge is 0.226 e. The molecule has 2 heterocycles. The van der Waals surface area contributed by atoms with E-state index in [2.05, 4.69) is 46.7 Å². The Morgan fingerprint density at radius 3 is 2.55 bits per heavy atom. The van der Waals surface area contributed by atoms with E-state index in [1.165, 1.54) is 17.7 Å². The van der Waals surface area contributed by atoms with Crippen LogP contribution in [0.25, 0.3) is 0 Å². The molecule has 2 saturated heterocycles. The summed E-state index contributed by atoms with van der Waals surface area (Å²) >= 11 is 0. The summed E-state index contributed by atoms with van der Waals surface area (Å²) in [4.78, 5) is 17.2. The zero-order valence-corrected chi connectivity index (χ0v) is 19.2. The lowest BCUT2D eigenvalue weighted by atomic mass is 10.0. The van der Waals surface area contributed by atoms with Gasteiger partial charge in [-0.25, -0.2) is 4.39 Å². The molecule has 33 heavy (non-hydrogen) atoms. The molecule has 0 aliphatic carbocycles. The van der Waals surface area contributed by atoms with Crippen LogP contribution in [0.15, 0.2) is 42.5 Å². The van der Waals surface area contributed by atoms with E-state index in [0.717, 1.165) is 44.6 Å². The minimum Gasteiger partial charge on any atom is -0.382 e. The van der Waals surface area contributed by atoms with E-state index in [0.29, 0.717) is 31.2 Å². The molecule has 2 fully saturated rings. The first-order chi connectivity index (χ1) is 16.0. The molecule has 0 aromatic heterocycles. The number of nitrogens with one attached hydrogen (secondary N) is 2. The zero-order chi connectivity index (χ0) is 23.2. The summed E-state index contributed by atoms with van der Waals surface area (Å²) in [6.45, 7) is 7.70. The van der Waals surface area contributed by atoms with Crippen LogP contribution in [0.4, 0.5) is 10.1 Å². The topological polar surface area (TPSA) is 71.4 Å². The molecule has 174 valence electrons. The third-order valence-corrected chi connectivity index (χ3v) is 6.55. The van der Waals surface area contributed by atoms with Crippen LogP contribution in [0.3, 0.4) is 0 Å². The van der Waals surface area contributed by atoms with Gasteiger partial charge in [0.1, 0.15) is 11.9 Å². The fraction of sp³-hybridized carbons (Fsp3) is 0.462. The van der Waals surface area contributed by atoms with Gasteiger partial charge in [0.25, 0.3) is 0 Å². The molecule has 2 aliphatic heterocycles. The van der Waals surface area contributed by atoms with Crippen molar-refractivity contribution in [2.75, 3.05) is 38.0 Å². The van der Waals surface area contributed by atoms with E-state index in [1.807, 2.05) is 11.0 Å². The number of halogens is 1. The number of anilines is 1. The largest absolute Gasteiger partial charge is 0.382 e. The highest BCUT2D eigenvalue weighted by molar-refractivity contribution is 5.79. The quantitative estimate of drug-likeness (QED) is 0.709. The fourth-order valence-electron chi connectivity index (χ4n) is 4.67. The van der Waals surface area contributed by atoms with Crippen LogP contribution in [-0.2, 0) is 17.8 Å². The molecule has 1 amide bonds. The Kier molecular flexibility index (Phi) is 7.58. The zero-order valence-electron chi connectivity index (χ0n) is 19.2. The number of nitrogens with zero attached hydrogens (tertiary/aromatic N) is 3. The summed E-state index contributed by atoms with van der Waals surface area (Å²) < 4.78 is 13.8. The molecule has 0 bridgehead atoms. The minimum atomic E-state index is -0.511. The fourth-order valence-corrected chi connectivity index (χ4v) is 4.67. The van der Waals surface area contributed by atoms with Crippen LogP contribution in [0, 0.1) is 17.1 Å². The maximum atomic E-state index is 13.8. The highest BCUT2D eigenvalue weighted by Crippen LogP contribution is 2.20. The number of hydrogen-bond donors (Lipinski definition) is 2.